The Balaban J connectivity index is 1.61. The number of nitrogens with one attached hydrogen (secondary N) is 2. The number of H-pyrrole nitrogens is 1. The zero-order valence-electron chi connectivity index (χ0n) is 9.18. The quantitative estimate of drug-likeness (QED) is 0.842. The third kappa shape index (κ3) is 4.24. The van der Waals surface area contributed by atoms with Crippen molar-refractivity contribution < 1.29 is 4.79 Å². The molecule has 0 aliphatic heterocycles. The maximum absolute atomic E-state index is 11.5. The first-order valence-corrected chi connectivity index (χ1v) is 7.23. The van der Waals surface area contributed by atoms with Gasteiger partial charge in [-0.3, -0.25) is 9.89 Å². The van der Waals surface area contributed by atoms with Gasteiger partial charge in [-0.05, 0) is 17.5 Å². The van der Waals surface area contributed by atoms with E-state index in [0.29, 0.717) is 12.3 Å². The van der Waals surface area contributed by atoms with Gasteiger partial charge in [0.05, 0.1) is 18.0 Å². The number of hydrogen-bond acceptors (Lipinski definition) is 4. The zero-order chi connectivity index (χ0) is 11.9. The summed E-state index contributed by atoms with van der Waals surface area (Å²) in [6.45, 7) is 0.512. The molecule has 4 nitrogen and oxygen atoms in total. The van der Waals surface area contributed by atoms with Crippen LogP contribution in [0, 0.1) is 0 Å². The lowest BCUT2D eigenvalue weighted by molar-refractivity contribution is -0.118. The van der Waals surface area contributed by atoms with Crippen LogP contribution in [0.25, 0.3) is 0 Å². The van der Waals surface area contributed by atoms with Crippen LogP contribution in [-0.2, 0) is 17.1 Å². The number of aromatic amines is 1. The Bertz CT molecular complexity index is 439. The fourth-order valence-corrected chi connectivity index (χ4v) is 2.97. The normalized spacial score (nSPS) is 10.4. The van der Waals surface area contributed by atoms with Gasteiger partial charge in [0.2, 0.25) is 5.91 Å². The van der Waals surface area contributed by atoms with E-state index in [1.807, 2.05) is 17.5 Å². The lowest BCUT2D eigenvalue weighted by atomic mass is 10.4. The Morgan fingerprint density at radius 3 is 3.18 bits per heavy atom. The summed E-state index contributed by atoms with van der Waals surface area (Å²) in [5, 5.41) is 11.5. The summed E-state index contributed by atoms with van der Waals surface area (Å²) in [7, 11) is 0. The van der Waals surface area contributed by atoms with Crippen LogP contribution >= 0.6 is 23.1 Å². The maximum Gasteiger partial charge on any atom is 0.230 e. The second kappa shape index (κ2) is 6.46. The number of rotatable bonds is 6. The van der Waals surface area contributed by atoms with Crippen LogP contribution in [0.15, 0.2) is 29.8 Å². The highest BCUT2D eigenvalue weighted by molar-refractivity contribution is 7.99. The van der Waals surface area contributed by atoms with Gasteiger partial charge in [0, 0.05) is 16.8 Å². The first kappa shape index (κ1) is 12.2. The Labute approximate surface area is 108 Å². The molecule has 2 rings (SSSR count). The van der Waals surface area contributed by atoms with Crippen molar-refractivity contribution >= 4 is 29.0 Å². The highest BCUT2D eigenvalue weighted by Crippen LogP contribution is 2.16. The number of aromatic nitrogens is 2. The highest BCUT2D eigenvalue weighted by Gasteiger charge is 2.02. The first-order valence-electron chi connectivity index (χ1n) is 5.19. The molecule has 0 radical (unpaired) electrons. The van der Waals surface area contributed by atoms with Gasteiger partial charge in [-0.25, -0.2) is 0 Å². The molecule has 0 spiro atoms. The molecule has 0 aliphatic rings. The van der Waals surface area contributed by atoms with Crippen molar-refractivity contribution in [3.05, 3.63) is 40.3 Å². The molecule has 6 heteroatoms. The lowest BCUT2D eigenvalue weighted by Crippen LogP contribution is -2.24. The monoisotopic (exact) mass is 267 g/mol. The van der Waals surface area contributed by atoms with E-state index < -0.39 is 0 Å². The van der Waals surface area contributed by atoms with E-state index >= 15 is 0 Å². The number of thiophene rings is 1. The van der Waals surface area contributed by atoms with Gasteiger partial charge in [-0.1, -0.05) is 6.07 Å². The number of nitrogens with zero attached hydrogens (tertiary/aromatic N) is 1. The fraction of sp³-hybridized carbons (Fsp3) is 0.273. The predicted molar refractivity (Wildman–Crippen MR) is 70.9 cm³/mol. The number of thioether (sulfide) groups is 1. The molecule has 17 heavy (non-hydrogen) atoms. The molecule has 2 N–H and O–H groups in total. The molecule has 2 aromatic rings. The summed E-state index contributed by atoms with van der Waals surface area (Å²) in [5.41, 5.74) is 0.918. The largest absolute Gasteiger partial charge is 0.350 e. The van der Waals surface area contributed by atoms with Crippen LogP contribution in [0.5, 0.6) is 0 Å². The van der Waals surface area contributed by atoms with Crippen molar-refractivity contribution in [1.29, 1.82) is 0 Å². The molecule has 1 amide bonds. The van der Waals surface area contributed by atoms with Crippen molar-refractivity contribution in [3.8, 4) is 0 Å². The summed E-state index contributed by atoms with van der Waals surface area (Å²) in [4.78, 5) is 12.8. The van der Waals surface area contributed by atoms with Gasteiger partial charge in [0.1, 0.15) is 0 Å². The SMILES string of the molecule is O=C(CSCc1cccs1)NCc1ccn[nH]1. The van der Waals surface area contributed by atoms with Crippen molar-refractivity contribution in [2.75, 3.05) is 5.75 Å². The van der Waals surface area contributed by atoms with Crippen molar-refractivity contribution in [2.45, 2.75) is 12.3 Å². The molecular formula is C11H13N3OS2. The van der Waals surface area contributed by atoms with E-state index in [2.05, 4.69) is 21.6 Å². The molecular weight excluding hydrogens is 254 g/mol. The van der Waals surface area contributed by atoms with Crippen LogP contribution in [-0.4, -0.2) is 21.9 Å². The molecule has 0 bridgehead atoms. The minimum Gasteiger partial charge on any atom is -0.350 e. The van der Waals surface area contributed by atoms with Crippen LogP contribution in [0.2, 0.25) is 0 Å². The van der Waals surface area contributed by atoms with Crippen molar-refractivity contribution in [1.82, 2.24) is 15.5 Å². The van der Waals surface area contributed by atoms with E-state index in [-0.39, 0.29) is 5.91 Å². The molecule has 90 valence electrons. The van der Waals surface area contributed by atoms with Gasteiger partial charge in [-0.2, -0.15) is 5.10 Å². The van der Waals surface area contributed by atoms with Crippen LogP contribution in [0.3, 0.4) is 0 Å². The minimum absolute atomic E-state index is 0.0566. The number of hydrogen-bond donors (Lipinski definition) is 2. The molecule has 0 aliphatic carbocycles. The first-order chi connectivity index (χ1) is 8.34. The van der Waals surface area contributed by atoms with Crippen LogP contribution in [0.1, 0.15) is 10.6 Å². The average molecular weight is 267 g/mol. The second-order valence-corrected chi connectivity index (χ2v) is 5.45. The average Bonchev–Trinajstić information content (AvgIpc) is 2.99. The topological polar surface area (TPSA) is 57.8 Å². The molecule has 0 fully saturated rings. The lowest BCUT2D eigenvalue weighted by Gasteiger charge is -2.02. The molecule has 2 heterocycles. The molecule has 0 aromatic carbocycles. The van der Waals surface area contributed by atoms with E-state index in [4.69, 9.17) is 0 Å². The van der Waals surface area contributed by atoms with Gasteiger partial charge in [0.25, 0.3) is 0 Å². The predicted octanol–water partition coefficient (Wildman–Crippen LogP) is 2.02. The van der Waals surface area contributed by atoms with Crippen molar-refractivity contribution in [3.63, 3.8) is 0 Å². The highest BCUT2D eigenvalue weighted by atomic mass is 32.2. The summed E-state index contributed by atoms with van der Waals surface area (Å²) in [5.74, 6) is 1.45. The van der Waals surface area contributed by atoms with E-state index in [9.17, 15) is 4.79 Å². The molecule has 0 saturated heterocycles. The molecule has 0 saturated carbocycles. The van der Waals surface area contributed by atoms with E-state index in [0.717, 1.165) is 11.4 Å². The van der Waals surface area contributed by atoms with Gasteiger partial charge >= 0.3 is 0 Å². The summed E-state index contributed by atoms with van der Waals surface area (Å²) in [6, 6.07) is 5.96. The van der Waals surface area contributed by atoms with E-state index in [1.54, 1.807) is 29.3 Å². The van der Waals surface area contributed by atoms with Crippen LogP contribution in [0.4, 0.5) is 0 Å². The third-order valence-corrected chi connectivity index (χ3v) is 4.13. The van der Waals surface area contributed by atoms with Crippen LogP contribution < -0.4 is 5.32 Å². The fourth-order valence-electron chi connectivity index (χ4n) is 1.27. The second-order valence-electron chi connectivity index (χ2n) is 3.43. The smallest absolute Gasteiger partial charge is 0.230 e. The van der Waals surface area contributed by atoms with E-state index in [1.165, 1.54) is 4.88 Å². The number of amides is 1. The Morgan fingerprint density at radius 1 is 1.53 bits per heavy atom. The third-order valence-electron chi connectivity index (χ3n) is 2.09. The Morgan fingerprint density at radius 2 is 2.47 bits per heavy atom. The summed E-state index contributed by atoms with van der Waals surface area (Å²) < 4.78 is 0. The summed E-state index contributed by atoms with van der Waals surface area (Å²) >= 11 is 3.35. The zero-order valence-corrected chi connectivity index (χ0v) is 10.8. The molecule has 0 atom stereocenters. The van der Waals surface area contributed by atoms with Gasteiger partial charge in [-0.15, -0.1) is 23.1 Å². The van der Waals surface area contributed by atoms with Crippen molar-refractivity contribution in [2.24, 2.45) is 0 Å². The molecule has 2 aromatic heterocycles. The summed E-state index contributed by atoms with van der Waals surface area (Å²) in [6.07, 6.45) is 1.67. The number of carbonyl (C=O) groups excluding carboxylic acids is 1. The maximum atomic E-state index is 11.5. The number of carbonyl (C=O) groups is 1. The van der Waals surface area contributed by atoms with Gasteiger partial charge < -0.3 is 5.32 Å². The minimum atomic E-state index is 0.0566. The standard InChI is InChI=1S/C11H13N3OS2/c15-11(12-6-9-3-4-13-14-9)8-16-7-10-2-1-5-17-10/h1-5H,6-8H2,(H,12,15)(H,13,14). The Kier molecular flexibility index (Phi) is 4.63. The van der Waals surface area contributed by atoms with Gasteiger partial charge in [0.15, 0.2) is 0 Å². The Hall–Kier alpha value is -1.27. The molecule has 0 unspecified atom stereocenters.